The number of aryl methyl sites for hydroxylation is 1. The van der Waals surface area contributed by atoms with Gasteiger partial charge in [0.05, 0.1) is 13.2 Å². The lowest BCUT2D eigenvalue weighted by atomic mass is 10.00. The van der Waals surface area contributed by atoms with E-state index in [4.69, 9.17) is 9.47 Å². The molecule has 0 aromatic heterocycles. The zero-order chi connectivity index (χ0) is 16.9. The molecule has 3 rings (SSSR count). The summed E-state index contributed by atoms with van der Waals surface area (Å²) in [5.74, 6) is -0.372. The van der Waals surface area contributed by atoms with Gasteiger partial charge in [-0.15, -0.1) is 0 Å². The molecule has 0 atom stereocenters. The second-order valence-corrected chi connectivity index (χ2v) is 5.90. The van der Waals surface area contributed by atoms with E-state index in [1.165, 1.54) is 12.1 Å². The third-order valence-corrected chi connectivity index (χ3v) is 4.20. The van der Waals surface area contributed by atoms with Crippen molar-refractivity contribution in [2.75, 3.05) is 39.5 Å². The minimum Gasteiger partial charge on any atom is -0.492 e. The Balaban J connectivity index is 1.63. The van der Waals surface area contributed by atoms with E-state index in [1.807, 2.05) is 25.1 Å². The standard InChI is InChI=1S/C19H21F2NO2/c1-14-12-16(24-11-8-22-6-9-23-10-7-22)3-5-17(14)18-4-2-15(20)13-19(18)21/h2-5,12-13H,6-11H2,1H3. The van der Waals surface area contributed by atoms with E-state index < -0.39 is 11.6 Å². The first-order valence-electron chi connectivity index (χ1n) is 8.12. The Morgan fingerprint density at radius 3 is 2.50 bits per heavy atom. The molecule has 0 unspecified atom stereocenters. The molecule has 24 heavy (non-hydrogen) atoms. The van der Waals surface area contributed by atoms with Crippen molar-refractivity contribution in [2.24, 2.45) is 0 Å². The number of morpholine rings is 1. The minimum atomic E-state index is -0.572. The van der Waals surface area contributed by atoms with Crippen molar-refractivity contribution in [3.63, 3.8) is 0 Å². The fourth-order valence-corrected chi connectivity index (χ4v) is 2.85. The van der Waals surface area contributed by atoms with Crippen LogP contribution in [0.15, 0.2) is 36.4 Å². The number of ether oxygens (including phenoxy) is 2. The summed E-state index contributed by atoms with van der Waals surface area (Å²) in [5, 5.41) is 0. The molecule has 1 heterocycles. The molecule has 1 saturated heterocycles. The first-order chi connectivity index (χ1) is 11.6. The van der Waals surface area contributed by atoms with Crippen molar-refractivity contribution in [1.29, 1.82) is 0 Å². The highest BCUT2D eigenvalue weighted by Gasteiger charge is 2.11. The van der Waals surface area contributed by atoms with Crippen LogP contribution in [0, 0.1) is 18.6 Å². The quantitative estimate of drug-likeness (QED) is 0.834. The van der Waals surface area contributed by atoms with Gasteiger partial charge in [0.2, 0.25) is 0 Å². The van der Waals surface area contributed by atoms with Crippen LogP contribution in [0.3, 0.4) is 0 Å². The molecule has 3 nitrogen and oxygen atoms in total. The number of halogens is 2. The topological polar surface area (TPSA) is 21.7 Å². The molecule has 0 bridgehead atoms. The van der Waals surface area contributed by atoms with E-state index >= 15 is 0 Å². The fraction of sp³-hybridized carbons (Fsp3) is 0.368. The summed E-state index contributed by atoms with van der Waals surface area (Å²) >= 11 is 0. The first kappa shape index (κ1) is 16.9. The lowest BCUT2D eigenvalue weighted by Crippen LogP contribution is -2.38. The predicted octanol–water partition coefficient (Wildman–Crippen LogP) is 3.65. The highest BCUT2D eigenvalue weighted by atomic mass is 19.1. The van der Waals surface area contributed by atoms with Gasteiger partial charge in [-0.1, -0.05) is 6.07 Å². The van der Waals surface area contributed by atoms with Gasteiger partial charge in [-0.25, -0.2) is 8.78 Å². The number of hydrogen-bond donors (Lipinski definition) is 0. The van der Waals surface area contributed by atoms with Gasteiger partial charge in [0.15, 0.2) is 0 Å². The Morgan fingerprint density at radius 1 is 1.04 bits per heavy atom. The molecular formula is C19H21F2NO2. The van der Waals surface area contributed by atoms with E-state index in [1.54, 1.807) is 0 Å². The van der Waals surface area contributed by atoms with Gasteiger partial charge in [-0.05, 0) is 42.3 Å². The zero-order valence-corrected chi connectivity index (χ0v) is 13.7. The van der Waals surface area contributed by atoms with Gasteiger partial charge in [-0.2, -0.15) is 0 Å². The SMILES string of the molecule is Cc1cc(OCCN2CCOCC2)ccc1-c1ccc(F)cc1F. The Hall–Kier alpha value is -1.98. The number of rotatable bonds is 5. The average molecular weight is 333 g/mol. The molecule has 1 aliphatic rings. The van der Waals surface area contributed by atoms with Crippen LogP contribution in [0.5, 0.6) is 5.75 Å². The van der Waals surface area contributed by atoms with E-state index in [0.717, 1.165) is 55.8 Å². The maximum absolute atomic E-state index is 13.9. The maximum Gasteiger partial charge on any atom is 0.133 e. The highest BCUT2D eigenvalue weighted by molar-refractivity contribution is 5.68. The largest absolute Gasteiger partial charge is 0.492 e. The van der Waals surface area contributed by atoms with E-state index in [9.17, 15) is 8.78 Å². The van der Waals surface area contributed by atoms with Crippen LogP contribution >= 0.6 is 0 Å². The molecule has 2 aromatic rings. The minimum absolute atomic E-state index is 0.397. The lowest BCUT2D eigenvalue weighted by Gasteiger charge is -2.26. The summed E-state index contributed by atoms with van der Waals surface area (Å²) in [6.45, 7) is 6.78. The fourth-order valence-electron chi connectivity index (χ4n) is 2.85. The molecule has 128 valence electrons. The molecule has 2 aromatic carbocycles. The molecular weight excluding hydrogens is 312 g/mol. The molecule has 5 heteroatoms. The van der Waals surface area contributed by atoms with Gasteiger partial charge in [0.25, 0.3) is 0 Å². The molecule has 0 aliphatic carbocycles. The zero-order valence-electron chi connectivity index (χ0n) is 13.7. The number of benzene rings is 2. The molecule has 0 spiro atoms. The van der Waals surface area contributed by atoms with Crippen LogP contribution in [0.1, 0.15) is 5.56 Å². The van der Waals surface area contributed by atoms with Gasteiger partial charge in [0, 0.05) is 31.3 Å². The summed E-state index contributed by atoms with van der Waals surface area (Å²) in [5.41, 5.74) is 2.03. The second kappa shape index (κ2) is 7.73. The van der Waals surface area contributed by atoms with Crippen molar-refractivity contribution < 1.29 is 18.3 Å². The second-order valence-electron chi connectivity index (χ2n) is 5.90. The van der Waals surface area contributed by atoms with E-state index in [-0.39, 0.29) is 0 Å². The molecule has 0 saturated carbocycles. The van der Waals surface area contributed by atoms with Crippen molar-refractivity contribution in [2.45, 2.75) is 6.92 Å². The maximum atomic E-state index is 13.9. The van der Waals surface area contributed by atoms with Gasteiger partial charge in [0.1, 0.15) is 24.0 Å². The van der Waals surface area contributed by atoms with Crippen LogP contribution in [0.25, 0.3) is 11.1 Å². The Labute approximate surface area is 140 Å². The van der Waals surface area contributed by atoms with Crippen molar-refractivity contribution in [3.05, 3.63) is 53.6 Å². The predicted molar refractivity (Wildman–Crippen MR) is 89.3 cm³/mol. The molecule has 0 radical (unpaired) electrons. The molecule has 1 aliphatic heterocycles. The van der Waals surface area contributed by atoms with Crippen molar-refractivity contribution in [1.82, 2.24) is 4.90 Å². The Bertz CT molecular complexity index is 700. The van der Waals surface area contributed by atoms with Gasteiger partial charge < -0.3 is 9.47 Å². The normalized spacial score (nSPS) is 15.5. The molecule has 0 amide bonds. The molecule has 0 N–H and O–H groups in total. The Morgan fingerprint density at radius 2 is 1.79 bits per heavy atom. The Kier molecular flexibility index (Phi) is 5.43. The number of nitrogens with zero attached hydrogens (tertiary/aromatic N) is 1. The van der Waals surface area contributed by atoms with Crippen molar-refractivity contribution in [3.8, 4) is 16.9 Å². The monoisotopic (exact) mass is 333 g/mol. The van der Waals surface area contributed by atoms with Crippen LogP contribution < -0.4 is 4.74 Å². The lowest BCUT2D eigenvalue weighted by molar-refractivity contribution is 0.0322. The van der Waals surface area contributed by atoms with E-state index in [2.05, 4.69) is 4.90 Å². The number of hydrogen-bond acceptors (Lipinski definition) is 3. The van der Waals surface area contributed by atoms with Crippen LogP contribution in [0.2, 0.25) is 0 Å². The summed E-state index contributed by atoms with van der Waals surface area (Å²) in [4.78, 5) is 2.30. The summed E-state index contributed by atoms with van der Waals surface area (Å²) in [6.07, 6.45) is 0. The molecule has 1 fully saturated rings. The summed E-state index contributed by atoms with van der Waals surface area (Å²) < 4.78 is 38.1. The average Bonchev–Trinajstić information content (AvgIpc) is 2.57. The van der Waals surface area contributed by atoms with Crippen LogP contribution in [-0.2, 0) is 4.74 Å². The van der Waals surface area contributed by atoms with E-state index in [0.29, 0.717) is 12.2 Å². The van der Waals surface area contributed by atoms with Gasteiger partial charge in [-0.3, -0.25) is 4.90 Å². The first-order valence-corrected chi connectivity index (χ1v) is 8.12. The highest BCUT2D eigenvalue weighted by Crippen LogP contribution is 2.29. The third kappa shape index (κ3) is 4.10. The third-order valence-electron chi connectivity index (χ3n) is 4.20. The smallest absolute Gasteiger partial charge is 0.133 e. The van der Waals surface area contributed by atoms with Crippen molar-refractivity contribution >= 4 is 0 Å². The summed E-state index contributed by atoms with van der Waals surface area (Å²) in [7, 11) is 0. The summed E-state index contributed by atoms with van der Waals surface area (Å²) in [6, 6.07) is 9.16. The van der Waals surface area contributed by atoms with Crippen LogP contribution in [-0.4, -0.2) is 44.4 Å². The van der Waals surface area contributed by atoms with Crippen LogP contribution in [0.4, 0.5) is 8.78 Å². The van der Waals surface area contributed by atoms with Gasteiger partial charge >= 0.3 is 0 Å².